The van der Waals surface area contributed by atoms with Crippen molar-refractivity contribution in [1.82, 2.24) is 0 Å². The first-order valence-electron chi connectivity index (χ1n) is 8.37. The van der Waals surface area contributed by atoms with Crippen molar-refractivity contribution < 1.29 is 19.0 Å². The van der Waals surface area contributed by atoms with Crippen molar-refractivity contribution in [2.24, 2.45) is 0 Å². The summed E-state index contributed by atoms with van der Waals surface area (Å²) in [5.41, 5.74) is 2.90. The van der Waals surface area contributed by atoms with E-state index < -0.39 is 0 Å². The summed E-state index contributed by atoms with van der Waals surface area (Å²) in [6, 6.07) is 11.4. The largest absolute Gasteiger partial charge is 0.497 e. The average molecular weight is 341 g/mol. The van der Waals surface area contributed by atoms with Crippen LogP contribution in [-0.2, 0) is 11.2 Å². The van der Waals surface area contributed by atoms with E-state index in [4.69, 9.17) is 14.2 Å². The number of para-hydroxylation sites is 1. The number of nitrogens with zero attached hydrogens (tertiary/aromatic N) is 1. The molecular weight excluding hydrogens is 318 g/mol. The van der Waals surface area contributed by atoms with Gasteiger partial charge in [-0.15, -0.1) is 0 Å². The van der Waals surface area contributed by atoms with E-state index in [9.17, 15) is 4.79 Å². The van der Waals surface area contributed by atoms with Crippen LogP contribution in [0.5, 0.6) is 17.2 Å². The maximum Gasteiger partial charge on any atom is 0.264 e. The van der Waals surface area contributed by atoms with Crippen LogP contribution in [0.3, 0.4) is 0 Å². The highest BCUT2D eigenvalue weighted by atomic mass is 16.5. The lowest BCUT2D eigenvalue weighted by Crippen LogP contribution is -2.38. The van der Waals surface area contributed by atoms with Gasteiger partial charge in [-0.2, -0.15) is 0 Å². The predicted molar refractivity (Wildman–Crippen MR) is 96.9 cm³/mol. The lowest BCUT2D eigenvalue weighted by molar-refractivity contribution is -0.120. The molecule has 0 bridgehead atoms. The molecule has 1 amide bonds. The highest BCUT2D eigenvalue weighted by molar-refractivity contribution is 5.96. The zero-order chi connectivity index (χ0) is 17.8. The zero-order valence-corrected chi connectivity index (χ0v) is 14.9. The number of hydrogen-bond acceptors (Lipinski definition) is 4. The lowest BCUT2D eigenvalue weighted by Gasteiger charge is -2.31. The van der Waals surface area contributed by atoms with Crippen LogP contribution < -0.4 is 19.1 Å². The van der Waals surface area contributed by atoms with Crippen molar-refractivity contribution in [3.05, 3.63) is 47.5 Å². The van der Waals surface area contributed by atoms with Crippen LogP contribution >= 0.6 is 0 Å². The fourth-order valence-electron chi connectivity index (χ4n) is 3.13. The van der Waals surface area contributed by atoms with Gasteiger partial charge in [-0.05, 0) is 31.4 Å². The summed E-state index contributed by atoms with van der Waals surface area (Å²) in [7, 11) is 3.24. The van der Waals surface area contributed by atoms with E-state index in [-0.39, 0.29) is 12.5 Å². The molecule has 132 valence electrons. The Bertz CT molecular complexity index is 772. The number of rotatable bonds is 5. The van der Waals surface area contributed by atoms with E-state index >= 15 is 0 Å². The molecule has 2 aromatic rings. The van der Waals surface area contributed by atoms with E-state index in [1.807, 2.05) is 43.3 Å². The first kappa shape index (κ1) is 17.1. The number of hydrogen-bond donors (Lipinski definition) is 0. The van der Waals surface area contributed by atoms with Crippen molar-refractivity contribution in [2.75, 3.05) is 32.3 Å². The minimum atomic E-state index is -0.0699. The second-order valence-electron chi connectivity index (χ2n) is 6.03. The van der Waals surface area contributed by atoms with Crippen LogP contribution in [0, 0.1) is 6.92 Å². The maximum absolute atomic E-state index is 12.8. The molecule has 5 nitrogen and oxygen atoms in total. The van der Waals surface area contributed by atoms with Crippen molar-refractivity contribution in [2.45, 2.75) is 19.8 Å². The number of aryl methyl sites for hydroxylation is 1. The number of benzene rings is 2. The number of amides is 1. The highest BCUT2D eigenvalue weighted by Gasteiger charge is 2.26. The van der Waals surface area contributed by atoms with Crippen LogP contribution in [0.2, 0.25) is 0 Å². The SMILES string of the molecule is COc1cc(OC)c2c(c1)N(C(=O)COc1ccccc1C)CCC2. The van der Waals surface area contributed by atoms with Crippen LogP contribution in [0.25, 0.3) is 0 Å². The predicted octanol–water partition coefficient (Wildman–Crippen LogP) is 3.37. The van der Waals surface area contributed by atoms with Crippen molar-refractivity contribution in [3.8, 4) is 17.2 Å². The van der Waals surface area contributed by atoms with Gasteiger partial charge in [0.1, 0.15) is 17.2 Å². The molecule has 25 heavy (non-hydrogen) atoms. The summed E-state index contributed by atoms with van der Waals surface area (Å²) < 4.78 is 16.6. The average Bonchev–Trinajstić information content (AvgIpc) is 2.65. The molecule has 3 rings (SSSR count). The Morgan fingerprint density at radius 1 is 1.12 bits per heavy atom. The normalized spacial score (nSPS) is 13.2. The Hall–Kier alpha value is -2.69. The van der Waals surface area contributed by atoms with Gasteiger partial charge in [0.05, 0.1) is 19.9 Å². The smallest absolute Gasteiger partial charge is 0.264 e. The van der Waals surface area contributed by atoms with E-state index in [1.54, 1.807) is 19.1 Å². The van der Waals surface area contributed by atoms with E-state index in [0.717, 1.165) is 41.2 Å². The summed E-state index contributed by atoms with van der Waals surface area (Å²) in [6.45, 7) is 2.63. The molecule has 0 unspecified atom stereocenters. The summed E-state index contributed by atoms with van der Waals surface area (Å²) in [5.74, 6) is 2.10. The standard InChI is InChI=1S/C20H23NO4/c1-14-7-4-5-9-18(14)25-13-20(22)21-10-6-8-16-17(21)11-15(23-2)12-19(16)24-3/h4-5,7,9,11-12H,6,8,10,13H2,1-3H3. The molecule has 0 atom stereocenters. The molecule has 0 saturated heterocycles. The minimum absolute atomic E-state index is 0.00379. The number of methoxy groups -OCH3 is 2. The number of anilines is 1. The number of fused-ring (bicyclic) bond motifs is 1. The fraction of sp³-hybridized carbons (Fsp3) is 0.350. The van der Waals surface area contributed by atoms with Gasteiger partial charge in [0.25, 0.3) is 5.91 Å². The van der Waals surface area contributed by atoms with Crippen LogP contribution in [0.1, 0.15) is 17.5 Å². The molecule has 5 heteroatoms. The molecule has 0 aliphatic carbocycles. The number of ether oxygens (including phenoxy) is 3. The van der Waals surface area contributed by atoms with Crippen LogP contribution in [0.4, 0.5) is 5.69 Å². The van der Waals surface area contributed by atoms with E-state index in [2.05, 4.69) is 0 Å². The van der Waals surface area contributed by atoms with Gasteiger partial charge in [0.15, 0.2) is 6.61 Å². The molecular formula is C20H23NO4. The number of carbonyl (C=O) groups excluding carboxylic acids is 1. The third kappa shape index (κ3) is 3.55. The molecule has 2 aromatic carbocycles. The molecule has 1 aliphatic heterocycles. The Balaban J connectivity index is 1.82. The Morgan fingerprint density at radius 2 is 1.92 bits per heavy atom. The molecule has 0 saturated carbocycles. The Kier molecular flexibility index (Phi) is 5.12. The number of carbonyl (C=O) groups is 1. The van der Waals surface area contributed by atoms with Gasteiger partial charge in [-0.1, -0.05) is 18.2 Å². The molecule has 0 N–H and O–H groups in total. The van der Waals surface area contributed by atoms with Crippen LogP contribution in [0.15, 0.2) is 36.4 Å². The Labute approximate surface area is 148 Å². The topological polar surface area (TPSA) is 48.0 Å². The van der Waals surface area contributed by atoms with Gasteiger partial charge in [-0.3, -0.25) is 4.79 Å². The molecule has 1 heterocycles. The van der Waals surface area contributed by atoms with Gasteiger partial charge >= 0.3 is 0 Å². The summed E-state index contributed by atoms with van der Waals surface area (Å²) in [6.07, 6.45) is 1.77. The molecule has 0 spiro atoms. The minimum Gasteiger partial charge on any atom is -0.497 e. The van der Waals surface area contributed by atoms with E-state index in [0.29, 0.717) is 12.3 Å². The summed E-state index contributed by atoms with van der Waals surface area (Å²) in [4.78, 5) is 14.5. The molecule has 1 aliphatic rings. The van der Waals surface area contributed by atoms with Crippen molar-refractivity contribution >= 4 is 11.6 Å². The van der Waals surface area contributed by atoms with Gasteiger partial charge in [-0.25, -0.2) is 0 Å². The fourth-order valence-corrected chi connectivity index (χ4v) is 3.13. The lowest BCUT2D eigenvalue weighted by atomic mass is 10.00. The molecule has 0 fully saturated rings. The quantitative estimate of drug-likeness (QED) is 0.837. The third-order valence-electron chi connectivity index (χ3n) is 4.46. The van der Waals surface area contributed by atoms with Crippen LogP contribution in [-0.4, -0.2) is 33.3 Å². The molecule has 0 radical (unpaired) electrons. The second kappa shape index (κ2) is 7.47. The summed E-state index contributed by atoms with van der Waals surface area (Å²) in [5, 5.41) is 0. The first-order valence-corrected chi connectivity index (χ1v) is 8.37. The Morgan fingerprint density at radius 3 is 2.64 bits per heavy atom. The third-order valence-corrected chi connectivity index (χ3v) is 4.46. The van der Waals surface area contributed by atoms with E-state index in [1.165, 1.54) is 0 Å². The summed E-state index contributed by atoms with van der Waals surface area (Å²) >= 11 is 0. The second-order valence-corrected chi connectivity index (χ2v) is 6.03. The molecule has 0 aromatic heterocycles. The first-order chi connectivity index (χ1) is 12.1. The van der Waals surface area contributed by atoms with Gasteiger partial charge < -0.3 is 19.1 Å². The monoisotopic (exact) mass is 341 g/mol. The van der Waals surface area contributed by atoms with Crippen molar-refractivity contribution in [3.63, 3.8) is 0 Å². The highest BCUT2D eigenvalue weighted by Crippen LogP contribution is 2.38. The zero-order valence-electron chi connectivity index (χ0n) is 14.9. The van der Waals surface area contributed by atoms with Gasteiger partial charge in [0, 0.05) is 24.2 Å². The van der Waals surface area contributed by atoms with Gasteiger partial charge in [0.2, 0.25) is 0 Å². The maximum atomic E-state index is 12.8. The van der Waals surface area contributed by atoms with Crippen molar-refractivity contribution in [1.29, 1.82) is 0 Å².